The van der Waals surface area contributed by atoms with Crippen molar-refractivity contribution in [3.8, 4) is 12.3 Å². The second-order valence-corrected chi connectivity index (χ2v) is 3.83. The van der Waals surface area contributed by atoms with Crippen LogP contribution in [0.1, 0.15) is 13.8 Å². The summed E-state index contributed by atoms with van der Waals surface area (Å²) >= 11 is 0. The molecular formula is C12H14N4O2. The van der Waals surface area contributed by atoms with E-state index in [1.54, 1.807) is 10.9 Å². The Bertz CT molecular complexity index is 742. The Morgan fingerprint density at radius 3 is 2.56 bits per heavy atom. The van der Waals surface area contributed by atoms with Crippen LogP contribution >= 0.6 is 0 Å². The molecule has 0 radical (unpaired) electrons. The first-order valence-electron chi connectivity index (χ1n) is 5.77. The molecule has 2 aromatic rings. The van der Waals surface area contributed by atoms with Crippen molar-refractivity contribution < 1.29 is 0 Å². The Morgan fingerprint density at radius 1 is 1.28 bits per heavy atom. The van der Waals surface area contributed by atoms with E-state index in [2.05, 4.69) is 10.9 Å². The van der Waals surface area contributed by atoms with Crippen LogP contribution in [0, 0.1) is 12.3 Å². The van der Waals surface area contributed by atoms with Gasteiger partial charge in [-0.05, 0) is 13.8 Å². The summed E-state index contributed by atoms with van der Waals surface area (Å²) in [5.74, 6) is 2.33. The van der Waals surface area contributed by atoms with E-state index in [1.807, 2.05) is 13.8 Å². The number of hydrogen-bond acceptors (Lipinski definition) is 3. The van der Waals surface area contributed by atoms with E-state index in [1.165, 1.54) is 4.57 Å². The van der Waals surface area contributed by atoms with E-state index >= 15 is 0 Å². The van der Waals surface area contributed by atoms with Gasteiger partial charge in [-0.15, -0.1) is 6.42 Å². The molecule has 18 heavy (non-hydrogen) atoms. The zero-order valence-corrected chi connectivity index (χ0v) is 10.4. The Labute approximate surface area is 103 Å². The molecule has 6 heteroatoms. The van der Waals surface area contributed by atoms with Crippen LogP contribution in [-0.4, -0.2) is 18.7 Å². The van der Waals surface area contributed by atoms with Gasteiger partial charge >= 0.3 is 5.69 Å². The topological polar surface area (TPSA) is 61.8 Å². The predicted molar refractivity (Wildman–Crippen MR) is 68.4 cm³/mol. The molecule has 0 N–H and O–H groups in total. The third-order valence-electron chi connectivity index (χ3n) is 2.89. The number of rotatable bonds is 3. The highest BCUT2D eigenvalue weighted by atomic mass is 16.2. The average Bonchev–Trinajstić information content (AvgIpc) is 2.79. The van der Waals surface area contributed by atoms with E-state index in [-0.39, 0.29) is 12.1 Å². The van der Waals surface area contributed by atoms with E-state index in [0.29, 0.717) is 24.3 Å². The molecule has 2 rings (SSSR count). The molecule has 0 saturated heterocycles. The van der Waals surface area contributed by atoms with Crippen molar-refractivity contribution in [2.45, 2.75) is 33.5 Å². The Kier molecular flexibility index (Phi) is 3.06. The minimum atomic E-state index is -0.408. The molecular weight excluding hydrogens is 232 g/mol. The second-order valence-electron chi connectivity index (χ2n) is 3.83. The number of nitrogens with zero attached hydrogens (tertiary/aromatic N) is 4. The molecule has 0 atom stereocenters. The van der Waals surface area contributed by atoms with Crippen LogP contribution in [-0.2, 0) is 19.6 Å². The van der Waals surface area contributed by atoms with E-state index < -0.39 is 5.69 Å². The molecule has 0 aliphatic carbocycles. The van der Waals surface area contributed by atoms with Gasteiger partial charge in [0.1, 0.15) is 0 Å². The summed E-state index contributed by atoms with van der Waals surface area (Å²) < 4.78 is 4.25. The van der Waals surface area contributed by atoms with Gasteiger partial charge in [0.15, 0.2) is 11.2 Å². The zero-order chi connectivity index (χ0) is 13.3. The van der Waals surface area contributed by atoms with Gasteiger partial charge in [-0.3, -0.25) is 9.36 Å². The lowest BCUT2D eigenvalue weighted by molar-refractivity contribution is 0.629. The highest BCUT2D eigenvalue weighted by molar-refractivity contribution is 5.70. The summed E-state index contributed by atoms with van der Waals surface area (Å²) in [6, 6.07) is 0. The summed E-state index contributed by atoms with van der Waals surface area (Å²) in [7, 11) is 0. The van der Waals surface area contributed by atoms with Crippen molar-refractivity contribution in [1.82, 2.24) is 18.7 Å². The lowest BCUT2D eigenvalue weighted by atomic mass is 10.4. The number of aryl methyl sites for hydroxylation is 2. The lowest BCUT2D eigenvalue weighted by Crippen LogP contribution is -2.40. The quantitative estimate of drug-likeness (QED) is 0.718. The summed E-state index contributed by atoms with van der Waals surface area (Å²) in [4.78, 5) is 28.5. The van der Waals surface area contributed by atoms with Crippen LogP contribution in [0.3, 0.4) is 0 Å². The first-order valence-corrected chi connectivity index (χ1v) is 5.77. The number of terminal acetylenes is 1. The fraction of sp³-hybridized carbons (Fsp3) is 0.417. The van der Waals surface area contributed by atoms with Crippen molar-refractivity contribution in [3.05, 3.63) is 27.2 Å². The Hall–Kier alpha value is -2.29. The maximum atomic E-state index is 12.2. The minimum Gasteiger partial charge on any atom is -0.325 e. The molecule has 0 unspecified atom stereocenters. The number of imidazole rings is 1. The van der Waals surface area contributed by atoms with Gasteiger partial charge < -0.3 is 4.57 Å². The van der Waals surface area contributed by atoms with Gasteiger partial charge in [0.05, 0.1) is 12.9 Å². The monoisotopic (exact) mass is 246 g/mol. The first kappa shape index (κ1) is 12.2. The third-order valence-corrected chi connectivity index (χ3v) is 2.89. The largest absolute Gasteiger partial charge is 0.333 e. The number of hydrogen-bond donors (Lipinski definition) is 0. The van der Waals surface area contributed by atoms with Gasteiger partial charge in [-0.1, -0.05) is 5.92 Å². The fourth-order valence-electron chi connectivity index (χ4n) is 1.99. The maximum absolute atomic E-state index is 12.2. The fourth-order valence-corrected chi connectivity index (χ4v) is 1.99. The Morgan fingerprint density at radius 2 is 2.00 bits per heavy atom. The lowest BCUT2D eigenvalue weighted by Gasteiger charge is -2.08. The highest BCUT2D eigenvalue weighted by Crippen LogP contribution is 2.06. The van der Waals surface area contributed by atoms with Crippen molar-refractivity contribution in [3.63, 3.8) is 0 Å². The molecule has 0 aromatic carbocycles. The molecule has 0 fully saturated rings. The Balaban J connectivity index is 3.00. The number of fused-ring (bicyclic) bond motifs is 1. The second kappa shape index (κ2) is 4.53. The van der Waals surface area contributed by atoms with Gasteiger partial charge in [0.2, 0.25) is 0 Å². The van der Waals surface area contributed by atoms with E-state index in [9.17, 15) is 9.59 Å². The van der Waals surface area contributed by atoms with Crippen molar-refractivity contribution >= 4 is 11.2 Å². The van der Waals surface area contributed by atoms with Crippen LogP contribution in [0.4, 0.5) is 0 Å². The summed E-state index contributed by atoms with van der Waals surface area (Å²) in [6.45, 7) is 4.77. The van der Waals surface area contributed by atoms with Crippen molar-refractivity contribution in [2.75, 3.05) is 0 Å². The van der Waals surface area contributed by atoms with Crippen LogP contribution in [0.25, 0.3) is 11.2 Å². The smallest absolute Gasteiger partial charge is 0.325 e. The summed E-state index contributed by atoms with van der Waals surface area (Å²) in [6.07, 6.45) is 6.77. The van der Waals surface area contributed by atoms with Crippen molar-refractivity contribution in [2.24, 2.45) is 0 Å². The van der Waals surface area contributed by atoms with Gasteiger partial charge in [-0.2, -0.15) is 0 Å². The summed E-state index contributed by atoms with van der Waals surface area (Å²) in [5, 5.41) is 0. The van der Waals surface area contributed by atoms with E-state index in [4.69, 9.17) is 6.42 Å². The van der Waals surface area contributed by atoms with E-state index in [0.717, 1.165) is 4.57 Å². The number of aromatic nitrogens is 4. The molecule has 0 saturated carbocycles. The molecule has 0 spiro atoms. The molecule has 0 aliphatic heterocycles. The highest BCUT2D eigenvalue weighted by Gasteiger charge is 2.15. The zero-order valence-electron chi connectivity index (χ0n) is 10.4. The van der Waals surface area contributed by atoms with Crippen LogP contribution < -0.4 is 11.2 Å². The molecule has 94 valence electrons. The standard InChI is InChI=1S/C12H14N4O2/c1-4-7-16-11(17)9-10(13-8-14(9)5-2)15(6-3)12(16)18/h1,8H,5-7H2,2-3H3. The molecule has 2 heterocycles. The molecule has 0 bridgehead atoms. The molecule has 6 nitrogen and oxygen atoms in total. The minimum absolute atomic E-state index is 0.0253. The normalized spacial score (nSPS) is 10.7. The third kappa shape index (κ3) is 1.56. The predicted octanol–water partition coefficient (Wildman–Crippen LogP) is 0.0327. The van der Waals surface area contributed by atoms with Crippen LogP contribution in [0.15, 0.2) is 15.9 Å². The molecule has 0 amide bonds. The summed E-state index contributed by atoms with van der Waals surface area (Å²) in [5.41, 5.74) is 0.0584. The van der Waals surface area contributed by atoms with Gasteiger partial charge in [0.25, 0.3) is 5.56 Å². The van der Waals surface area contributed by atoms with Gasteiger partial charge in [0, 0.05) is 13.1 Å². The molecule has 0 aliphatic rings. The average molecular weight is 246 g/mol. The maximum Gasteiger partial charge on any atom is 0.333 e. The van der Waals surface area contributed by atoms with Crippen LogP contribution in [0.5, 0.6) is 0 Å². The van der Waals surface area contributed by atoms with Gasteiger partial charge in [-0.25, -0.2) is 14.3 Å². The molecule has 2 aromatic heterocycles. The SMILES string of the molecule is C#CCn1c(=O)c2c(ncn2CC)n(CC)c1=O. The van der Waals surface area contributed by atoms with Crippen molar-refractivity contribution in [1.29, 1.82) is 0 Å². The van der Waals surface area contributed by atoms with Crippen LogP contribution in [0.2, 0.25) is 0 Å². The first-order chi connectivity index (χ1) is 8.65.